The van der Waals surface area contributed by atoms with E-state index in [2.05, 4.69) is 4.98 Å². The number of nitrogens with zero attached hydrogens (tertiary/aromatic N) is 2. The molecule has 5 rings (SSSR count). The van der Waals surface area contributed by atoms with Crippen LogP contribution in [0.4, 0.5) is 0 Å². The Morgan fingerprint density at radius 3 is 2.68 bits per heavy atom. The van der Waals surface area contributed by atoms with Gasteiger partial charge >= 0.3 is 0 Å². The van der Waals surface area contributed by atoms with Crippen molar-refractivity contribution in [1.29, 1.82) is 0 Å². The zero-order valence-electron chi connectivity index (χ0n) is 17.6. The molecule has 0 unspecified atom stereocenters. The van der Waals surface area contributed by atoms with Crippen LogP contribution in [0, 0.1) is 0 Å². The summed E-state index contributed by atoms with van der Waals surface area (Å²) in [6.07, 6.45) is 0. The first-order chi connectivity index (χ1) is 15.0. The van der Waals surface area contributed by atoms with Crippen molar-refractivity contribution in [2.75, 3.05) is 33.4 Å². The summed E-state index contributed by atoms with van der Waals surface area (Å²) in [5, 5.41) is 10.5. The number of carbonyl (C=O) groups excluding carboxylic acids is 2. The molecule has 0 spiro atoms. The molecule has 1 fully saturated rings. The lowest BCUT2D eigenvalue weighted by atomic mass is 9.76. The van der Waals surface area contributed by atoms with Gasteiger partial charge in [0.15, 0.2) is 5.54 Å². The van der Waals surface area contributed by atoms with Crippen LogP contribution < -0.4 is 4.74 Å². The van der Waals surface area contributed by atoms with Crippen LogP contribution in [0.1, 0.15) is 29.7 Å². The smallest absolute Gasteiger partial charge is 0.255 e. The fourth-order valence-corrected chi connectivity index (χ4v) is 5.21. The lowest BCUT2D eigenvalue weighted by Gasteiger charge is -2.51. The number of para-hydroxylation sites is 2. The highest BCUT2D eigenvalue weighted by atomic mass is 16.5. The number of aliphatic hydroxyl groups is 1. The Balaban J connectivity index is 1.78. The number of rotatable bonds is 4. The van der Waals surface area contributed by atoms with Crippen molar-refractivity contribution < 1.29 is 19.4 Å². The SMILES string of the molecule is COc1ccccc1[C@@H]1CN2C(=O)CN(CCO)C(=O)[C@@]2(C)c2[nH]c3ccccc3c21. The van der Waals surface area contributed by atoms with Gasteiger partial charge in [-0.15, -0.1) is 0 Å². The highest BCUT2D eigenvalue weighted by Gasteiger charge is 2.56. The predicted octanol–water partition coefficient (Wildman–Crippen LogP) is 2.20. The highest BCUT2D eigenvalue weighted by Crippen LogP contribution is 2.49. The van der Waals surface area contributed by atoms with Crippen molar-refractivity contribution in [3.8, 4) is 5.75 Å². The number of aromatic amines is 1. The molecule has 160 valence electrons. The second-order valence-corrected chi connectivity index (χ2v) is 8.28. The van der Waals surface area contributed by atoms with Crippen LogP contribution in [0.5, 0.6) is 5.75 Å². The Kier molecular flexibility index (Phi) is 4.51. The Morgan fingerprint density at radius 1 is 1.16 bits per heavy atom. The van der Waals surface area contributed by atoms with Crippen LogP contribution in [0.3, 0.4) is 0 Å². The zero-order chi connectivity index (χ0) is 21.8. The van der Waals surface area contributed by atoms with Crippen LogP contribution in [0.25, 0.3) is 10.9 Å². The minimum absolute atomic E-state index is 0.0246. The standard InChI is InChI=1S/C24H25N3O4/c1-24-22-21(16-8-3-5-9-18(16)25-22)17(15-7-4-6-10-19(15)31-2)13-27(24)20(29)14-26(11-12-28)23(24)30/h3-10,17,25,28H,11-14H2,1-2H3/t17-,24+/m0/s1. The van der Waals surface area contributed by atoms with Crippen molar-refractivity contribution >= 4 is 22.7 Å². The van der Waals surface area contributed by atoms with E-state index in [1.54, 1.807) is 12.0 Å². The van der Waals surface area contributed by atoms with Crippen LogP contribution in [0.15, 0.2) is 48.5 Å². The number of fused-ring (bicyclic) bond motifs is 5. The number of amides is 2. The number of nitrogens with one attached hydrogen (secondary N) is 1. The molecule has 3 heterocycles. The fraction of sp³-hybridized carbons (Fsp3) is 0.333. The molecular formula is C24H25N3O4. The number of piperazine rings is 1. The molecule has 3 aromatic rings. The van der Waals surface area contributed by atoms with Gasteiger partial charge in [0, 0.05) is 35.5 Å². The highest BCUT2D eigenvalue weighted by molar-refractivity contribution is 6.01. The summed E-state index contributed by atoms with van der Waals surface area (Å²) in [6, 6.07) is 15.8. The molecule has 31 heavy (non-hydrogen) atoms. The number of hydrogen-bond acceptors (Lipinski definition) is 4. The van der Waals surface area contributed by atoms with E-state index in [-0.39, 0.29) is 37.4 Å². The first-order valence-corrected chi connectivity index (χ1v) is 10.5. The Morgan fingerprint density at radius 2 is 1.90 bits per heavy atom. The van der Waals surface area contributed by atoms with Gasteiger partial charge in [0.1, 0.15) is 5.75 Å². The van der Waals surface area contributed by atoms with E-state index in [0.717, 1.165) is 33.5 Å². The number of carbonyl (C=O) groups is 2. The summed E-state index contributed by atoms with van der Waals surface area (Å²) < 4.78 is 5.64. The number of aliphatic hydroxyl groups excluding tert-OH is 1. The molecule has 0 radical (unpaired) electrons. The number of methoxy groups -OCH3 is 1. The number of H-pyrrole nitrogens is 1. The van der Waals surface area contributed by atoms with Gasteiger partial charge in [0.2, 0.25) is 5.91 Å². The molecule has 2 aliphatic rings. The van der Waals surface area contributed by atoms with Crippen molar-refractivity contribution in [3.05, 3.63) is 65.4 Å². The van der Waals surface area contributed by atoms with Gasteiger partial charge in [-0.05, 0) is 24.6 Å². The quantitative estimate of drug-likeness (QED) is 0.679. The molecule has 1 saturated heterocycles. The van der Waals surface area contributed by atoms with Gasteiger partial charge in [0.25, 0.3) is 5.91 Å². The average molecular weight is 419 g/mol. The fourth-order valence-electron chi connectivity index (χ4n) is 5.21. The molecule has 0 aliphatic carbocycles. The molecule has 2 aliphatic heterocycles. The maximum Gasteiger partial charge on any atom is 0.255 e. The third-order valence-corrected chi connectivity index (χ3v) is 6.70. The van der Waals surface area contributed by atoms with Crippen molar-refractivity contribution in [2.24, 2.45) is 0 Å². The van der Waals surface area contributed by atoms with Crippen molar-refractivity contribution in [2.45, 2.75) is 18.4 Å². The minimum atomic E-state index is -1.16. The third kappa shape index (κ3) is 2.69. The Labute approximate surface area is 180 Å². The normalized spacial score (nSPS) is 23.1. The number of β-amino-alcohol motifs (C(OH)–C–C–N with tert-alkyl or cyclic N) is 1. The molecule has 2 aromatic carbocycles. The summed E-state index contributed by atoms with van der Waals surface area (Å²) in [4.78, 5) is 33.4. The number of ether oxygens (including phenoxy) is 1. The lowest BCUT2D eigenvalue weighted by molar-refractivity contribution is -0.166. The van der Waals surface area contributed by atoms with Gasteiger partial charge in [-0.3, -0.25) is 9.59 Å². The maximum absolute atomic E-state index is 13.6. The Bertz CT molecular complexity index is 1190. The van der Waals surface area contributed by atoms with E-state index in [1.165, 1.54) is 4.90 Å². The number of benzene rings is 2. The van der Waals surface area contributed by atoms with Crippen LogP contribution in [-0.4, -0.2) is 65.1 Å². The summed E-state index contributed by atoms with van der Waals surface area (Å²) >= 11 is 0. The molecular weight excluding hydrogens is 394 g/mol. The van der Waals surface area contributed by atoms with Gasteiger partial charge in [-0.2, -0.15) is 0 Å². The lowest BCUT2D eigenvalue weighted by Crippen LogP contribution is -2.67. The summed E-state index contributed by atoms with van der Waals surface area (Å²) in [5.41, 5.74) is 2.51. The topological polar surface area (TPSA) is 85.9 Å². The maximum atomic E-state index is 13.6. The van der Waals surface area contributed by atoms with Crippen LogP contribution >= 0.6 is 0 Å². The van der Waals surface area contributed by atoms with E-state index < -0.39 is 5.54 Å². The van der Waals surface area contributed by atoms with E-state index >= 15 is 0 Å². The number of aromatic nitrogens is 1. The third-order valence-electron chi connectivity index (χ3n) is 6.70. The van der Waals surface area contributed by atoms with Gasteiger partial charge in [-0.1, -0.05) is 36.4 Å². The zero-order valence-corrected chi connectivity index (χ0v) is 17.6. The summed E-state index contributed by atoms with van der Waals surface area (Å²) in [7, 11) is 1.64. The average Bonchev–Trinajstić information content (AvgIpc) is 3.18. The van der Waals surface area contributed by atoms with Crippen molar-refractivity contribution in [1.82, 2.24) is 14.8 Å². The van der Waals surface area contributed by atoms with Crippen LogP contribution in [-0.2, 0) is 15.1 Å². The number of hydrogen-bond donors (Lipinski definition) is 2. The van der Waals surface area contributed by atoms with Gasteiger partial charge in [-0.25, -0.2) is 0 Å². The second-order valence-electron chi connectivity index (χ2n) is 8.28. The molecule has 7 heteroatoms. The van der Waals surface area contributed by atoms with E-state index in [0.29, 0.717) is 6.54 Å². The van der Waals surface area contributed by atoms with Crippen LogP contribution in [0.2, 0.25) is 0 Å². The van der Waals surface area contributed by atoms with E-state index in [9.17, 15) is 14.7 Å². The molecule has 0 bridgehead atoms. The van der Waals surface area contributed by atoms with E-state index in [1.807, 2.05) is 55.5 Å². The molecule has 7 nitrogen and oxygen atoms in total. The first-order valence-electron chi connectivity index (χ1n) is 10.5. The monoisotopic (exact) mass is 419 g/mol. The minimum Gasteiger partial charge on any atom is -0.496 e. The molecule has 2 N–H and O–H groups in total. The second kappa shape index (κ2) is 7.13. The molecule has 2 amide bonds. The Hall–Kier alpha value is -3.32. The van der Waals surface area contributed by atoms with E-state index in [4.69, 9.17) is 4.74 Å². The van der Waals surface area contributed by atoms with Crippen molar-refractivity contribution in [3.63, 3.8) is 0 Å². The summed E-state index contributed by atoms with van der Waals surface area (Å²) in [5.74, 6) is 0.314. The van der Waals surface area contributed by atoms with Gasteiger partial charge < -0.3 is 24.6 Å². The molecule has 2 atom stereocenters. The first kappa shape index (κ1) is 19.6. The predicted molar refractivity (Wildman–Crippen MR) is 116 cm³/mol. The summed E-state index contributed by atoms with van der Waals surface area (Å²) in [6.45, 7) is 2.12. The largest absolute Gasteiger partial charge is 0.496 e. The van der Waals surface area contributed by atoms with Gasteiger partial charge in [0.05, 0.1) is 26.0 Å². The molecule has 1 aromatic heterocycles. The molecule has 0 saturated carbocycles.